The number of carbonyl (C=O) groups is 2. The van der Waals surface area contributed by atoms with Gasteiger partial charge >= 0.3 is 0 Å². The molecule has 0 aliphatic carbocycles. The highest BCUT2D eigenvalue weighted by Crippen LogP contribution is 2.46. The number of anilines is 1. The molecular weight excluding hydrogens is 379 g/mol. The monoisotopic (exact) mass is 400 g/mol. The largest absolute Gasteiger partial charge is 0.497 e. The van der Waals surface area contributed by atoms with E-state index in [-0.39, 0.29) is 22.5 Å². The first-order valence-electron chi connectivity index (χ1n) is 9.18. The molecule has 7 heteroatoms. The van der Waals surface area contributed by atoms with Gasteiger partial charge in [0, 0.05) is 24.3 Å². The van der Waals surface area contributed by atoms with E-state index in [2.05, 4.69) is 0 Å². The minimum atomic E-state index is -0.375. The molecule has 28 heavy (non-hydrogen) atoms. The maximum absolute atomic E-state index is 13.3. The Hall–Kier alpha value is -2.54. The van der Waals surface area contributed by atoms with Crippen LogP contribution < -0.4 is 9.64 Å². The molecule has 5 nitrogen and oxygen atoms in total. The molecule has 2 heterocycles. The van der Waals surface area contributed by atoms with Crippen molar-refractivity contribution in [1.29, 1.82) is 0 Å². The van der Waals surface area contributed by atoms with Crippen molar-refractivity contribution in [2.75, 3.05) is 30.9 Å². The molecular formula is C21H21FN2O3S. The number of ether oxygens (including phenoxy) is 1. The van der Waals surface area contributed by atoms with E-state index in [1.54, 1.807) is 54.1 Å². The lowest BCUT2D eigenvalue weighted by molar-refractivity contribution is -0.116. The van der Waals surface area contributed by atoms with Gasteiger partial charge in [-0.3, -0.25) is 14.5 Å². The van der Waals surface area contributed by atoms with Gasteiger partial charge in [0.2, 0.25) is 5.91 Å². The summed E-state index contributed by atoms with van der Waals surface area (Å²) in [5, 5.41) is 0. The Kier molecular flexibility index (Phi) is 5.02. The Balaban J connectivity index is 1.51. The smallest absolute Gasteiger partial charge is 0.253 e. The summed E-state index contributed by atoms with van der Waals surface area (Å²) in [6.07, 6.45) is 1.35. The first kappa shape index (κ1) is 18.8. The molecule has 0 N–H and O–H groups in total. The number of hydrogen-bond donors (Lipinski definition) is 0. The second-order valence-electron chi connectivity index (χ2n) is 6.96. The van der Waals surface area contributed by atoms with E-state index in [9.17, 15) is 14.0 Å². The van der Waals surface area contributed by atoms with Gasteiger partial charge in [0.05, 0.1) is 17.7 Å². The molecule has 2 aliphatic heterocycles. The number of halogens is 1. The van der Waals surface area contributed by atoms with Crippen molar-refractivity contribution < 1.29 is 18.7 Å². The fraction of sp³-hybridized carbons (Fsp3) is 0.333. The standard InChI is InChI=1S/C21H21FN2O3S/c1-27-18-4-2-3-15(13-18)20(26)23-11-9-21(10-12-23)24(19(25)14-28-21)17-7-5-16(22)6-8-17/h2-8,13H,9-12,14H2,1H3. The molecule has 2 aromatic rings. The lowest BCUT2D eigenvalue weighted by atomic mass is 10.00. The average molecular weight is 400 g/mol. The fourth-order valence-corrected chi connectivity index (χ4v) is 5.22. The van der Waals surface area contributed by atoms with Gasteiger partial charge in [-0.15, -0.1) is 11.8 Å². The third-order valence-corrected chi connectivity index (χ3v) is 6.87. The van der Waals surface area contributed by atoms with Gasteiger partial charge in [-0.05, 0) is 55.3 Å². The van der Waals surface area contributed by atoms with Gasteiger partial charge in [-0.2, -0.15) is 0 Å². The zero-order valence-corrected chi connectivity index (χ0v) is 16.4. The number of rotatable bonds is 3. The number of amides is 2. The van der Waals surface area contributed by atoms with Crippen LogP contribution in [0.5, 0.6) is 5.75 Å². The Morgan fingerprint density at radius 3 is 2.54 bits per heavy atom. The molecule has 0 aromatic heterocycles. The number of benzene rings is 2. The van der Waals surface area contributed by atoms with Crippen LogP contribution in [-0.4, -0.2) is 47.5 Å². The maximum atomic E-state index is 13.3. The molecule has 2 amide bonds. The molecule has 2 saturated heterocycles. The normalized spacial score (nSPS) is 18.6. The van der Waals surface area contributed by atoms with Crippen molar-refractivity contribution >= 4 is 29.3 Å². The summed E-state index contributed by atoms with van der Waals surface area (Å²) < 4.78 is 18.5. The van der Waals surface area contributed by atoms with Crippen molar-refractivity contribution in [2.24, 2.45) is 0 Å². The Labute approximate surface area is 167 Å². The highest BCUT2D eigenvalue weighted by Gasteiger charge is 2.49. The number of nitrogens with zero attached hydrogens (tertiary/aromatic N) is 2. The number of piperidine rings is 1. The van der Waals surface area contributed by atoms with Crippen LogP contribution in [0.15, 0.2) is 48.5 Å². The predicted octanol–water partition coefficient (Wildman–Crippen LogP) is 3.55. The molecule has 0 unspecified atom stereocenters. The molecule has 2 aromatic carbocycles. The molecule has 1 spiro atoms. The highest BCUT2D eigenvalue weighted by atomic mass is 32.2. The van der Waals surface area contributed by atoms with Gasteiger partial charge in [0.1, 0.15) is 11.6 Å². The fourth-order valence-electron chi connectivity index (χ4n) is 3.89. The summed E-state index contributed by atoms with van der Waals surface area (Å²) in [4.78, 5) is 28.7. The average Bonchev–Trinajstić information content (AvgIpc) is 3.04. The van der Waals surface area contributed by atoms with Crippen LogP contribution in [0.2, 0.25) is 0 Å². The van der Waals surface area contributed by atoms with Crippen LogP contribution in [0.4, 0.5) is 10.1 Å². The van der Waals surface area contributed by atoms with Gasteiger partial charge in [-0.1, -0.05) is 6.07 Å². The molecule has 0 radical (unpaired) electrons. The van der Waals surface area contributed by atoms with Crippen LogP contribution >= 0.6 is 11.8 Å². The third kappa shape index (κ3) is 3.35. The number of methoxy groups -OCH3 is 1. The van der Waals surface area contributed by atoms with Crippen molar-refractivity contribution in [1.82, 2.24) is 4.90 Å². The van der Waals surface area contributed by atoms with Gasteiger partial charge < -0.3 is 9.64 Å². The summed E-state index contributed by atoms with van der Waals surface area (Å²) in [7, 11) is 1.58. The molecule has 146 valence electrons. The first-order chi connectivity index (χ1) is 13.5. The van der Waals surface area contributed by atoms with E-state index in [0.717, 1.165) is 0 Å². The van der Waals surface area contributed by atoms with Crippen molar-refractivity contribution in [3.05, 3.63) is 59.9 Å². The summed E-state index contributed by atoms with van der Waals surface area (Å²) in [5.74, 6) is 0.733. The summed E-state index contributed by atoms with van der Waals surface area (Å²) >= 11 is 1.62. The zero-order chi connectivity index (χ0) is 19.7. The van der Waals surface area contributed by atoms with E-state index in [4.69, 9.17) is 4.74 Å². The number of carbonyl (C=O) groups excluding carboxylic acids is 2. The number of hydrogen-bond acceptors (Lipinski definition) is 4. The van der Waals surface area contributed by atoms with Crippen LogP contribution in [0.25, 0.3) is 0 Å². The van der Waals surface area contributed by atoms with Crippen molar-refractivity contribution in [2.45, 2.75) is 17.7 Å². The molecule has 0 saturated carbocycles. The highest BCUT2D eigenvalue weighted by molar-refractivity contribution is 8.02. The van der Waals surface area contributed by atoms with Crippen molar-refractivity contribution in [3.63, 3.8) is 0 Å². The van der Waals surface area contributed by atoms with E-state index in [0.29, 0.717) is 48.7 Å². The Morgan fingerprint density at radius 2 is 1.86 bits per heavy atom. The zero-order valence-electron chi connectivity index (χ0n) is 15.6. The van der Waals surface area contributed by atoms with Crippen LogP contribution in [0.1, 0.15) is 23.2 Å². The second kappa shape index (κ2) is 7.47. The molecule has 2 fully saturated rings. The SMILES string of the molecule is COc1cccc(C(=O)N2CCC3(CC2)SCC(=O)N3c2ccc(F)cc2)c1. The Morgan fingerprint density at radius 1 is 1.14 bits per heavy atom. The number of thioether (sulfide) groups is 1. The van der Waals surface area contributed by atoms with Gasteiger partial charge in [0.15, 0.2) is 0 Å². The molecule has 4 rings (SSSR count). The molecule has 0 atom stereocenters. The predicted molar refractivity (Wildman–Crippen MR) is 107 cm³/mol. The maximum Gasteiger partial charge on any atom is 0.253 e. The van der Waals surface area contributed by atoms with Crippen LogP contribution in [0.3, 0.4) is 0 Å². The Bertz CT molecular complexity index is 895. The van der Waals surface area contributed by atoms with Crippen LogP contribution in [0, 0.1) is 5.82 Å². The van der Waals surface area contributed by atoms with E-state index in [1.165, 1.54) is 12.1 Å². The summed E-state index contributed by atoms with van der Waals surface area (Å²) in [5.41, 5.74) is 1.31. The van der Waals surface area contributed by atoms with E-state index < -0.39 is 0 Å². The molecule has 2 aliphatic rings. The lowest BCUT2D eigenvalue weighted by Gasteiger charge is -2.44. The number of likely N-dealkylation sites (tertiary alicyclic amines) is 1. The minimum absolute atomic E-state index is 0.0311. The molecule has 0 bridgehead atoms. The van der Waals surface area contributed by atoms with Crippen molar-refractivity contribution in [3.8, 4) is 5.75 Å². The van der Waals surface area contributed by atoms with E-state index in [1.807, 2.05) is 11.0 Å². The third-order valence-electron chi connectivity index (χ3n) is 5.35. The van der Waals surface area contributed by atoms with Gasteiger partial charge in [-0.25, -0.2) is 4.39 Å². The quantitative estimate of drug-likeness (QED) is 0.791. The first-order valence-corrected chi connectivity index (χ1v) is 10.2. The van der Waals surface area contributed by atoms with E-state index >= 15 is 0 Å². The van der Waals surface area contributed by atoms with Gasteiger partial charge in [0.25, 0.3) is 5.91 Å². The summed E-state index contributed by atoms with van der Waals surface area (Å²) in [6, 6.07) is 13.2. The second-order valence-corrected chi connectivity index (χ2v) is 8.30. The topological polar surface area (TPSA) is 49.9 Å². The lowest BCUT2D eigenvalue weighted by Crippen LogP contribution is -2.53. The minimum Gasteiger partial charge on any atom is -0.497 e. The van der Waals surface area contributed by atoms with Crippen LogP contribution in [-0.2, 0) is 4.79 Å². The summed E-state index contributed by atoms with van der Waals surface area (Å²) in [6.45, 7) is 1.13.